The van der Waals surface area contributed by atoms with Crippen molar-refractivity contribution >= 4 is 34.9 Å². The average Bonchev–Trinajstić information content (AvgIpc) is 3.46. The smallest absolute Gasteiger partial charge is 0.227 e. The number of halogens is 2. The van der Waals surface area contributed by atoms with E-state index in [9.17, 15) is 4.79 Å². The number of hydrogen-bond acceptors (Lipinski definition) is 6. The van der Waals surface area contributed by atoms with Crippen LogP contribution in [0, 0.1) is 0 Å². The zero-order chi connectivity index (χ0) is 23.2. The normalized spacial score (nSPS) is 10.9. The maximum Gasteiger partial charge on any atom is 0.227 e. The van der Waals surface area contributed by atoms with Gasteiger partial charge in [0.1, 0.15) is 11.6 Å². The summed E-state index contributed by atoms with van der Waals surface area (Å²) >= 11 is 12.3. The molecule has 4 rings (SSSR count). The van der Waals surface area contributed by atoms with Crippen LogP contribution in [-0.2, 0) is 17.8 Å². The maximum atomic E-state index is 12.5. The highest BCUT2D eigenvalue weighted by Crippen LogP contribution is 2.27. The molecule has 2 aromatic carbocycles. The number of carbonyl (C=O) groups excluding carboxylic acids is 1. The van der Waals surface area contributed by atoms with E-state index in [4.69, 9.17) is 32.5 Å². The summed E-state index contributed by atoms with van der Waals surface area (Å²) in [5.41, 5.74) is 1.61. The third-order valence-corrected chi connectivity index (χ3v) is 5.65. The predicted octanol–water partition coefficient (Wildman–Crippen LogP) is 5.26. The number of aryl methyl sites for hydroxylation is 1. The summed E-state index contributed by atoms with van der Waals surface area (Å²) in [5, 5.41) is 12.0. The number of nitrogens with one attached hydrogen (secondary N) is 1. The second-order valence-corrected chi connectivity index (χ2v) is 7.89. The monoisotopic (exact) mass is 485 g/mol. The summed E-state index contributed by atoms with van der Waals surface area (Å²) in [4.78, 5) is 16.9. The molecule has 0 saturated carbocycles. The Hall–Kier alpha value is -3.36. The molecule has 0 spiro atoms. The molecule has 4 aromatic rings. The molecule has 0 fully saturated rings. The molecule has 8 nitrogen and oxygen atoms in total. The van der Waals surface area contributed by atoms with E-state index in [1.54, 1.807) is 23.0 Å². The number of amides is 1. The van der Waals surface area contributed by atoms with Gasteiger partial charge < -0.3 is 14.6 Å². The molecule has 1 N–H and O–H groups in total. The van der Waals surface area contributed by atoms with Crippen molar-refractivity contribution in [3.63, 3.8) is 0 Å². The Kier molecular flexibility index (Phi) is 7.26. The van der Waals surface area contributed by atoms with E-state index in [1.807, 2.05) is 43.3 Å². The summed E-state index contributed by atoms with van der Waals surface area (Å²) in [6.07, 6.45) is 2.09. The van der Waals surface area contributed by atoms with E-state index in [1.165, 1.54) is 0 Å². The van der Waals surface area contributed by atoms with E-state index in [2.05, 4.69) is 20.6 Å². The summed E-state index contributed by atoms with van der Waals surface area (Å²) < 4.78 is 12.4. The number of aromatic nitrogens is 4. The summed E-state index contributed by atoms with van der Waals surface area (Å²) in [7, 11) is 0. The highest BCUT2D eigenvalue weighted by molar-refractivity contribution is 6.42. The van der Waals surface area contributed by atoms with E-state index in [-0.39, 0.29) is 12.3 Å². The van der Waals surface area contributed by atoms with Crippen molar-refractivity contribution in [1.82, 2.24) is 19.9 Å². The van der Waals surface area contributed by atoms with Crippen LogP contribution in [0.5, 0.6) is 5.75 Å². The number of ether oxygens (including phenoxy) is 1. The molecule has 0 aliphatic rings. The summed E-state index contributed by atoms with van der Waals surface area (Å²) in [6, 6.07) is 14.5. The Morgan fingerprint density at radius 3 is 2.76 bits per heavy atom. The zero-order valence-corrected chi connectivity index (χ0v) is 19.3. The Balaban J connectivity index is 1.33. The van der Waals surface area contributed by atoms with Gasteiger partial charge in [0, 0.05) is 24.5 Å². The first-order valence-corrected chi connectivity index (χ1v) is 11.1. The van der Waals surface area contributed by atoms with E-state index < -0.39 is 0 Å². The molecule has 0 radical (unpaired) electrons. The molecule has 0 unspecified atom stereocenters. The van der Waals surface area contributed by atoms with Gasteiger partial charge in [0.05, 0.1) is 29.4 Å². The number of anilines is 1. The van der Waals surface area contributed by atoms with Crippen molar-refractivity contribution < 1.29 is 14.1 Å². The lowest BCUT2D eigenvalue weighted by molar-refractivity contribution is -0.116. The molecule has 2 aromatic heterocycles. The minimum Gasteiger partial charge on any atom is -0.494 e. The van der Waals surface area contributed by atoms with E-state index in [0.29, 0.717) is 47.2 Å². The molecule has 170 valence electrons. The second-order valence-electron chi connectivity index (χ2n) is 7.10. The van der Waals surface area contributed by atoms with Crippen LogP contribution in [0.25, 0.3) is 11.4 Å². The molecular weight excluding hydrogens is 465 g/mol. The average molecular weight is 486 g/mol. The first kappa shape index (κ1) is 22.8. The Morgan fingerprint density at radius 1 is 1.15 bits per heavy atom. The SMILES string of the molecule is CCOc1ccc(-c2noc(CCC(=O)Nc3ccnn3Cc3cccc(Cl)c3Cl)n2)cc1. The first-order chi connectivity index (χ1) is 16.0. The van der Waals surface area contributed by atoms with Gasteiger partial charge in [-0.05, 0) is 42.8 Å². The third-order valence-electron chi connectivity index (χ3n) is 4.79. The number of rotatable bonds is 9. The molecule has 0 saturated heterocycles. The quantitative estimate of drug-likeness (QED) is 0.347. The van der Waals surface area contributed by atoms with Crippen molar-refractivity contribution in [1.29, 1.82) is 0 Å². The summed E-state index contributed by atoms with van der Waals surface area (Å²) in [5.74, 6) is 1.98. The van der Waals surface area contributed by atoms with Crippen molar-refractivity contribution in [3.8, 4) is 17.1 Å². The van der Waals surface area contributed by atoms with Gasteiger partial charge in [-0.3, -0.25) is 4.79 Å². The van der Waals surface area contributed by atoms with Crippen molar-refractivity contribution in [2.24, 2.45) is 0 Å². The van der Waals surface area contributed by atoms with Gasteiger partial charge in [-0.1, -0.05) is 40.5 Å². The minimum atomic E-state index is -0.199. The number of benzene rings is 2. The molecule has 10 heteroatoms. The molecule has 0 aliphatic carbocycles. The second kappa shape index (κ2) is 10.5. The van der Waals surface area contributed by atoms with Gasteiger partial charge in [-0.2, -0.15) is 10.1 Å². The molecule has 1 amide bonds. The highest BCUT2D eigenvalue weighted by atomic mass is 35.5. The number of nitrogens with zero attached hydrogens (tertiary/aromatic N) is 4. The fourth-order valence-electron chi connectivity index (χ4n) is 3.16. The zero-order valence-electron chi connectivity index (χ0n) is 17.8. The third kappa shape index (κ3) is 5.71. The Labute approximate surface area is 200 Å². The largest absolute Gasteiger partial charge is 0.494 e. The lowest BCUT2D eigenvalue weighted by Gasteiger charge is -2.10. The Bertz CT molecular complexity index is 1240. The van der Waals surface area contributed by atoms with Crippen LogP contribution in [0.2, 0.25) is 10.0 Å². The van der Waals surface area contributed by atoms with Crippen molar-refractivity contribution in [2.45, 2.75) is 26.3 Å². The van der Waals surface area contributed by atoms with E-state index in [0.717, 1.165) is 16.9 Å². The van der Waals surface area contributed by atoms with Crippen molar-refractivity contribution in [3.05, 3.63) is 76.2 Å². The standard InChI is InChI=1S/C23H21Cl2N5O3/c1-2-32-17-8-6-15(7-9-17)23-28-21(33-29-23)11-10-20(31)27-19-12-13-26-30(19)14-16-4-3-5-18(24)22(16)25/h3-9,12-13H,2,10-11,14H2,1H3,(H,27,31). The van der Waals surface area contributed by atoms with Gasteiger partial charge in [-0.15, -0.1) is 0 Å². The van der Waals surface area contributed by atoms with Crippen LogP contribution < -0.4 is 10.1 Å². The van der Waals surface area contributed by atoms with Gasteiger partial charge >= 0.3 is 0 Å². The highest BCUT2D eigenvalue weighted by Gasteiger charge is 2.14. The lowest BCUT2D eigenvalue weighted by atomic mass is 10.2. The van der Waals surface area contributed by atoms with Crippen LogP contribution in [-0.4, -0.2) is 32.4 Å². The van der Waals surface area contributed by atoms with Crippen LogP contribution in [0.4, 0.5) is 5.82 Å². The fraction of sp³-hybridized carbons (Fsp3) is 0.217. The fourth-order valence-corrected chi connectivity index (χ4v) is 3.54. The van der Waals surface area contributed by atoms with Gasteiger partial charge in [-0.25, -0.2) is 4.68 Å². The van der Waals surface area contributed by atoms with Gasteiger partial charge in [0.25, 0.3) is 0 Å². The Morgan fingerprint density at radius 2 is 1.97 bits per heavy atom. The molecule has 0 atom stereocenters. The van der Waals surface area contributed by atoms with Crippen molar-refractivity contribution in [2.75, 3.05) is 11.9 Å². The van der Waals surface area contributed by atoms with Gasteiger partial charge in [0.15, 0.2) is 0 Å². The maximum absolute atomic E-state index is 12.5. The first-order valence-electron chi connectivity index (χ1n) is 10.3. The molecule has 0 bridgehead atoms. The van der Waals surface area contributed by atoms with Crippen LogP contribution in [0.1, 0.15) is 24.8 Å². The topological polar surface area (TPSA) is 95.1 Å². The number of hydrogen-bond donors (Lipinski definition) is 1. The minimum absolute atomic E-state index is 0.175. The molecule has 2 heterocycles. The van der Waals surface area contributed by atoms with Crippen LogP contribution in [0.3, 0.4) is 0 Å². The van der Waals surface area contributed by atoms with Crippen LogP contribution in [0.15, 0.2) is 59.3 Å². The number of carbonyl (C=O) groups is 1. The summed E-state index contributed by atoms with van der Waals surface area (Å²) in [6.45, 7) is 2.90. The molecular formula is C23H21Cl2N5O3. The lowest BCUT2D eigenvalue weighted by Crippen LogP contribution is -2.16. The predicted molar refractivity (Wildman–Crippen MR) is 126 cm³/mol. The molecule has 0 aliphatic heterocycles. The van der Waals surface area contributed by atoms with Crippen LogP contribution >= 0.6 is 23.2 Å². The van der Waals surface area contributed by atoms with Gasteiger partial charge in [0.2, 0.25) is 17.6 Å². The van der Waals surface area contributed by atoms with E-state index >= 15 is 0 Å². The molecule has 33 heavy (non-hydrogen) atoms.